The summed E-state index contributed by atoms with van der Waals surface area (Å²) in [4.78, 5) is 28.9. The van der Waals surface area contributed by atoms with E-state index < -0.39 is 0 Å². The lowest BCUT2D eigenvalue weighted by molar-refractivity contribution is -0.126. The maximum Gasteiger partial charge on any atom is 0.264 e. The molecule has 0 unspecified atom stereocenters. The minimum Gasteiger partial charge on any atom is -0.375 e. The first-order chi connectivity index (χ1) is 12.1. The fourth-order valence-corrected chi connectivity index (χ4v) is 5.08. The molecule has 0 spiro atoms. The van der Waals surface area contributed by atoms with Crippen molar-refractivity contribution >= 4 is 34.5 Å². The van der Waals surface area contributed by atoms with Crippen molar-refractivity contribution < 1.29 is 14.3 Å². The van der Waals surface area contributed by atoms with Gasteiger partial charge in [-0.25, -0.2) is 0 Å². The Balaban J connectivity index is 1.37. The fourth-order valence-electron chi connectivity index (χ4n) is 3.57. The molecule has 1 N–H and O–H groups in total. The highest BCUT2D eigenvalue weighted by molar-refractivity contribution is 7.12. The summed E-state index contributed by atoms with van der Waals surface area (Å²) in [6, 6.07) is 5.92. The second-order valence-corrected chi connectivity index (χ2v) is 8.58. The third-order valence-electron chi connectivity index (χ3n) is 4.90. The summed E-state index contributed by atoms with van der Waals surface area (Å²) in [6.45, 7) is 4.17. The van der Waals surface area contributed by atoms with Gasteiger partial charge in [0.15, 0.2) is 0 Å². The van der Waals surface area contributed by atoms with Gasteiger partial charge in [-0.3, -0.25) is 9.59 Å². The Labute approximate surface area is 154 Å². The van der Waals surface area contributed by atoms with Crippen molar-refractivity contribution in [2.45, 2.75) is 19.6 Å². The third kappa shape index (κ3) is 3.36. The number of hydrogen-bond acceptors (Lipinski definition) is 5. The molecule has 0 aliphatic carbocycles. The summed E-state index contributed by atoms with van der Waals surface area (Å²) < 4.78 is 5.82. The van der Waals surface area contributed by atoms with Crippen LogP contribution in [0.15, 0.2) is 29.0 Å². The monoisotopic (exact) mass is 376 g/mol. The van der Waals surface area contributed by atoms with Gasteiger partial charge in [0, 0.05) is 23.9 Å². The highest BCUT2D eigenvalue weighted by Gasteiger charge is 2.48. The predicted molar refractivity (Wildman–Crippen MR) is 97.8 cm³/mol. The summed E-state index contributed by atoms with van der Waals surface area (Å²) in [5, 5.41) is 7.00. The Morgan fingerprint density at radius 3 is 2.96 bits per heavy atom. The molecule has 0 radical (unpaired) electrons. The van der Waals surface area contributed by atoms with Crippen LogP contribution in [-0.4, -0.2) is 42.5 Å². The molecule has 0 aromatic carbocycles. The molecule has 2 aromatic rings. The number of carbonyl (C=O) groups excluding carboxylic acids is 2. The largest absolute Gasteiger partial charge is 0.375 e. The van der Waals surface area contributed by atoms with Gasteiger partial charge in [0.2, 0.25) is 5.91 Å². The lowest BCUT2D eigenvalue weighted by Gasteiger charge is -2.19. The lowest BCUT2D eigenvalue weighted by atomic mass is 9.92. The van der Waals surface area contributed by atoms with Crippen molar-refractivity contribution in [2.75, 3.05) is 19.7 Å². The normalized spacial score (nSPS) is 25.2. The SMILES string of the molecule is Cc1csc(C(=O)N2C[C@@H]3[C@@H](C(=O)NCc4cccs4)CO[C@@H]3C2)c1. The molecule has 4 heterocycles. The number of likely N-dealkylation sites (tertiary alicyclic amines) is 1. The maximum absolute atomic E-state index is 12.6. The van der Waals surface area contributed by atoms with Crippen LogP contribution in [0.5, 0.6) is 0 Å². The second-order valence-electron chi connectivity index (χ2n) is 6.64. The molecule has 132 valence electrons. The van der Waals surface area contributed by atoms with Gasteiger partial charge in [0.1, 0.15) is 0 Å². The molecule has 2 amide bonds. The number of hydrogen-bond donors (Lipinski definition) is 1. The molecule has 2 aromatic heterocycles. The summed E-state index contributed by atoms with van der Waals surface area (Å²) in [5.41, 5.74) is 1.11. The first-order valence-corrected chi connectivity index (χ1v) is 10.1. The first kappa shape index (κ1) is 16.8. The summed E-state index contributed by atoms with van der Waals surface area (Å²) in [6.07, 6.45) is -0.0255. The molecule has 25 heavy (non-hydrogen) atoms. The van der Waals surface area contributed by atoms with E-state index in [1.807, 2.05) is 40.8 Å². The Morgan fingerprint density at radius 1 is 1.36 bits per heavy atom. The van der Waals surface area contributed by atoms with Crippen LogP contribution in [0.4, 0.5) is 0 Å². The number of fused-ring (bicyclic) bond motifs is 1. The standard InChI is InChI=1S/C18H20N2O3S2/c1-11-5-16(25-10-11)18(22)20-7-13-14(9-23-15(13)8-20)17(21)19-6-12-3-2-4-24-12/h2-5,10,13-15H,6-9H2,1H3,(H,19,21)/t13-,14+,15-/m1/s1. The number of rotatable bonds is 4. The van der Waals surface area contributed by atoms with Gasteiger partial charge in [-0.2, -0.15) is 0 Å². The lowest BCUT2D eigenvalue weighted by Crippen LogP contribution is -2.37. The number of aryl methyl sites for hydroxylation is 1. The predicted octanol–water partition coefficient (Wildman–Crippen LogP) is 2.52. The van der Waals surface area contributed by atoms with E-state index in [2.05, 4.69) is 5.32 Å². The highest BCUT2D eigenvalue weighted by Crippen LogP contribution is 2.35. The quantitative estimate of drug-likeness (QED) is 0.892. The highest BCUT2D eigenvalue weighted by atomic mass is 32.1. The van der Waals surface area contributed by atoms with Crippen LogP contribution in [0, 0.1) is 18.8 Å². The Hall–Kier alpha value is -1.70. The zero-order valence-electron chi connectivity index (χ0n) is 13.9. The number of amides is 2. The molecule has 5 nitrogen and oxygen atoms in total. The number of nitrogens with one attached hydrogen (secondary N) is 1. The zero-order chi connectivity index (χ0) is 17.4. The van der Waals surface area contributed by atoms with E-state index in [9.17, 15) is 9.59 Å². The molecule has 2 fully saturated rings. The van der Waals surface area contributed by atoms with Gasteiger partial charge < -0.3 is 15.0 Å². The van der Waals surface area contributed by atoms with Crippen LogP contribution in [-0.2, 0) is 16.1 Å². The number of thiophene rings is 2. The van der Waals surface area contributed by atoms with E-state index in [1.54, 1.807) is 11.3 Å². The number of carbonyl (C=O) groups is 2. The van der Waals surface area contributed by atoms with Gasteiger partial charge in [-0.1, -0.05) is 6.07 Å². The van der Waals surface area contributed by atoms with Crippen molar-refractivity contribution in [1.29, 1.82) is 0 Å². The Kier molecular flexibility index (Phi) is 4.62. The summed E-state index contributed by atoms with van der Waals surface area (Å²) >= 11 is 3.11. The topological polar surface area (TPSA) is 58.6 Å². The van der Waals surface area contributed by atoms with Crippen molar-refractivity contribution in [2.24, 2.45) is 11.8 Å². The third-order valence-corrected chi connectivity index (χ3v) is 6.81. The van der Waals surface area contributed by atoms with Gasteiger partial charge in [-0.15, -0.1) is 22.7 Å². The van der Waals surface area contributed by atoms with Crippen molar-refractivity contribution in [3.05, 3.63) is 44.3 Å². The molecule has 0 saturated carbocycles. The van der Waals surface area contributed by atoms with Crippen molar-refractivity contribution in [1.82, 2.24) is 10.2 Å². The Morgan fingerprint density at radius 2 is 2.24 bits per heavy atom. The second kappa shape index (κ2) is 6.90. The van der Waals surface area contributed by atoms with Gasteiger partial charge in [0.25, 0.3) is 5.91 Å². The Bertz CT molecular complexity index is 771. The van der Waals surface area contributed by atoms with E-state index in [1.165, 1.54) is 11.3 Å². The smallest absolute Gasteiger partial charge is 0.264 e. The molecule has 7 heteroatoms. The molecule has 4 rings (SSSR count). The number of nitrogens with zero attached hydrogens (tertiary/aromatic N) is 1. The molecule has 0 bridgehead atoms. The molecule has 3 atom stereocenters. The molecule has 2 aliphatic rings. The summed E-state index contributed by atoms with van der Waals surface area (Å²) in [5.74, 6) is -0.00260. The minimum atomic E-state index is -0.173. The van der Waals surface area contributed by atoms with Crippen LogP contribution in [0.25, 0.3) is 0 Å². The van der Waals surface area contributed by atoms with Crippen molar-refractivity contribution in [3.8, 4) is 0 Å². The van der Waals surface area contributed by atoms with Crippen LogP contribution < -0.4 is 5.32 Å². The van der Waals surface area contributed by atoms with E-state index in [-0.39, 0.29) is 29.8 Å². The van der Waals surface area contributed by atoms with Gasteiger partial charge >= 0.3 is 0 Å². The number of ether oxygens (including phenoxy) is 1. The van der Waals surface area contributed by atoms with E-state index in [0.29, 0.717) is 26.2 Å². The average Bonchev–Trinajstić information content (AvgIpc) is 3.35. The first-order valence-electron chi connectivity index (χ1n) is 8.38. The van der Waals surface area contributed by atoms with E-state index in [0.717, 1.165) is 15.3 Å². The maximum atomic E-state index is 12.6. The fraction of sp³-hybridized carbons (Fsp3) is 0.444. The van der Waals surface area contributed by atoms with Crippen molar-refractivity contribution in [3.63, 3.8) is 0 Å². The molecular formula is C18H20N2O3S2. The molecule has 2 aliphatic heterocycles. The van der Waals surface area contributed by atoms with E-state index in [4.69, 9.17) is 4.74 Å². The van der Waals surface area contributed by atoms with Crippen LogP contribution >= 0.6 is 22.7 Å². The summed E-state index contributed by atoms with van der Waals surface area (Å²) in [7, 11) is 0. The van der Waals surface area contributed by atoms with E-state index >= 15 is 0 Å². The van der Waals surface area contributed by atoms with Gasteiger partial charge in [0.05, 0.1) is 30.1 Å². The van der Waals surface area contributed by atoms with Crippen LogP contribution in [0.3, 0.4) is 0 Å². The molecular weight excluding hydrogens is 356 g/mol. The average molecular weight is 377 g/mol. The van der Waals surface area contributed by atoms with Gasteiger partial charge in [-0.05, 0) is 35.4 Å². The molecule has 2 saturated heterocycles. The van der Waals surface area contributed by atoms with Crippen LogP contribution in [0.1, 0.15) is 20.1 Å². The van der Waals surface area contributed by atoms with Crippen LogP contribution in [0.2, 0.25) is 0 Å². The zero-order valence-corrected chi connectivity index (χ0v) is 15.6. The minimum absolute atomic E-state index is 0.0255.